The summed E-state index contributed by atoms with van der Waals surface area (Å²) in [6.45, 7) is 0. The number of carbonyl (C=O) groups excluding carboxylic acids is 1. The fourth-order valence-corrected chi connectivity index (χ4v) is 1.53. The molecule has 0 atom stereocenters. The van der Waals surface area contributed by atoms with Crippen LogP contribution in [0.4, 0.5) is 0 Å². The molecule has 88 valence electrons. The smallest absolute Gasteiger partial charge is 0.343 e. The topological polar surface area (TPSA) is 68.7 Å². The Balaban J connectivity index is 2.64. The number of methoxy groups -OCH3 is 2. The average molecular weight is 233 g/mol. The highest BCUT2D eigenvalue weighted by Crippen LogP contribution is 2.25. The number of benzene rings is 1. The van der Waals surface area contributed by atoms with Crippen molar-refractivity contribution in [2.75, 3.05) is 14.2 Å². The Morgan fingerprint density at radius 3 is 2.71 bits per heavy atom. The van der Waals surface area contributed by atoms with Gasteiger partial charge in [0.05, 0.1) is 19.7 Å². The molecule has 0 aliphatic rings. The Morgan fingerprint density at radius 1 is 1.29 bits per heavy atom. The molecule has 0 radical (unpaired) electrons. The molecule has 0 aliphatic carbocycles. The average Bonchev–Trinajstić information content (AvgIpc) is 2.36. The van der Waals surface area contributed by atoms with Gasteiger partial charge in [-0.1, -0.05) is 0 Å². The number of aromatic hydroxyl groups is 1. The number of esters is 1. The minimum atomic E-state index is -0.625. The quantitative estimate of drug-likeness (QED) is 0.800. The Kier molecular flexibility index (Phi) is 2.82. The van der Waals surface area contributed by atoms with Crippen molar-refractivity contribution in [2.24, 2.45) is 0 Å². The first-order valence-corrected chi connectivity index (χ1v) is 4.92. The van der Waals surface area contributed by atoms with E-state index in [9.17, 15) is 9.90 Å². The molecule has 0 aliphatic heterocycles. The standard InChI is InChI=1S/C12H11NO4/c1-16-8-3-4-10-7(5-8)6-9(11(14)13-10)12(15)17-2/h3-6H,1-2H3,(H,13,14). The second-order valence-corrected chi connectivity index (χ2v) is 3.41. The molecule has 0 spiro atoms. The van der Waals surface area contributed by atoms with Crippen LogP contribution in [0.1, 0.15) is 10.4 Å². The molecule has 1 aromatic heterocycles. The van der Waals surface area contributed by atoms with Crippen LogP contribution in [0.25, 0.3) is 10.9 Å². The molecule has 1 N–H and O–H groups in total. The summed E-state index contributed by atoms with van der Waals surface area (Å²) in [6, 6.07) is 6.68. The highest BCUT2D eigenvalue weighted by atomic mass is 16.5. The summed E-state index contributed by atoms with van der Waals surface area (Å²) < 4.78 is 9.63. The van der Waals surface area contributed by atoms with Crippen LogP contribution >= 0.6 is 0 Å². The van der Waals surface area contributed by atoms with Crippen LogP contribution in [0.5, 0.6) is 11.6 Å². The maximum atomic E-state index is 11.4. The van der Waals surface area contributed by atoms with Gasteiger partial charge in [-0.3, -0.25) is 0 Å². The Hall–Kier alpha value is -2.30. The van der Waals surface area contributed by atoms with E-state index in [1.807, 2.05) is 0 Å². The van der Waals surface area contributed by atoms with Crippen molar-refractivity contribution in [3.63, 3.8) is 0 Å². The number of rotatable bonds is 2. The summed E-state index contributed by atoms with van der Waals surface area (Å²) in [7, 11) is 2.80. The lowest BCUT2D eigenvalue weighted by Gasteiger charge is -2.05. The number of carbonyl (C=O) groups is 1. The molecule has 2 rings (SSSR count). The third kappa shape index (κ3) is 1.99. The molecule has 1 heterocycles. The molecule has 5 nitrogen and oxygen atoms in total. The van der Waals surface area contributed by atoms with Gasteiger partial charge >= 0.3 is 5.97 Å². The number of pyridine rings is 1. The van der Waals surface area contributed by atoms with E-state index in [0.717, 1.165) is 0 Å². The second-order valence-electron chi connectivity index (χ2n) is 3.41. The summed E-state index contributed by atoms with van der Waals surface area (Å²) in [4.78, 5) is 15.3. The van der Waals surface area contributed by atoms with Gasteiger partial charge in [0.25, 0.3) is 0 Å². The Bertz CT molecular complexity index is 580. The highest BCUT2D eigenvalue weighted by molar-refractivity contribution is 5.96. The van der Waals surface area contributed by atoms with Gasteiger partial charge in [-0.25, -0.2) is 9.78 Å². The molecule has 2 aromatic rings. The molecule has 0 bridgehead atoms. The predicted molar refractivity (Wildman–Crippen MR) is 61.3 cm³/mol. The zero-order chi connectivity index (χ0) is 12.4. The minimum Gasteiger partial charge on any atom is -0.497 e. The van der Waals surface area contributed by atoms with Gasteiger partial charge in [0, 0.05) is 5.39 Å². The predicted octanol–water partition coefficient (Wildman–Crippen LogP) is 1.74. The number of ether oxygens (including phenoxy) is 2. The lowest BCUT2D eigenvalue weighted by atomic mass is 10.1. The molecule has 17 heavy (non-hydrogen) atoms. The summed E-state index contributed by atoms with van der Waals surface area (Å²) in [5.74, 6) is -0.310. The Labute approximate surface area is 97.6 Å². The molecule has 1 aromatic carbocycles. The van der Waals surface area contributed by atoms with E-state index in [0.29, 0.717) is 16.7 Å². The van der Waals surface area contributed by atoms with E-state index in [-0.39, 0.29) is 11.4 Å². The summed E-state index contributed by atoms with van der Waals surface area (Å²) in [5, 5.41) is 10.3. The van der Waals surface area contributed by atoms with E-state index in [2.05, 4.69) is 9.72 Å². The highest BCUT2D eigenvalue weighted by Gasteiger charge is 2.14. The maximum Gasteiger partial charge on any atom is 0.343 e. The van der Waals surface area contributed by atoms with E-state index in [1.165, 1.54) is 13.2 Å². The van der Waals surface area contributed by atoms with Crippen LogP contribution in [0.15, 0.2) is 24.3 Å². The number of fused-ring (bicyclic) bond motifs is 1. The van der Waals surface area contributed by atoms with Gasteiger partial charge in [0.1, 0.15) is 11.3 Å². The van der Waals surface area contributed by atoms with Gasteiger partial charge in [0.15, 0.2) is 0 Å². The number of aromatic nitrogens is 1. The fourth-order valence-electron chi connectivity index (χ4n) is 1.53. The van der Waals surface area contributed by atoms with Crippen molar-refractivity contribution in [3.8, 4) is 11.6 Å². The van der Waals surface area contributed by atoms with E-state index in [4.69, 9.17) is 4.74 Å². The summed E-state index contributed by atoms with van der Waals surface area (Å²) in [6.07, 6.45) is 0. The van der Waals surface area contributed by atoms with Crippen molar-refractivity contribution in [1.82, 2.24) is 4.98 Å². The molecule has 5 heteroatoms. The van der Waals surface area contributed by atoms with Crippen molar-refractivity contribution < 1.29 is 19.4 Å². The van der Waals surface area contributed by atoms with Gasteiger partial charge in [-0.05, 0) is 24.3 Å². The van der Waals surface area contributed by atoms with Crippen molar-refractivity contribution in [3.05, 3.63) is 29.8 Å². The molecule has 0 saturated heterocycles. The molecule has 0 unspecified atom stereocenters. The molecule has 0 fully saturated rings. The minimum absolute atomic E-state index is 0.0354. The van der Waals surface area contributed by atoms with E-state index < -0.39 is 5.97 Å². The first-order chi connectivity index (χ1) is 8.15. The molecular formula is C12H11NO4. The second kappa shape index (κ2) is 4.29. The monoisotopic (exact) mass is 233 g/mol. The first kappa shape index (κ1) is 11.2. The zero-order valence-electron chi connectivity index (χ0n) is 9.43. The fraction of sp³-hybridized carbons (Fsp3) is 0.167. The number of nitrogens with zero attached hydrogens (tertiary/aromatic N) is 1. The normalized spacial score (nSPS) is 10.2. The molecular weight excluding hydrogens is 222 g/mol. The van der Waals surface area contributed by atoms with Crippen LogP contribution in [0, 0.1) is 0 Å². The summed E-state index contributed by atoms with van der Waals surface area (Å²) in [5.41, 5.74) is 0.615. The van der Waals surface area contributed by atoms with Gasteiger partial charge in [-0.2, -0.15) is 0 Å². The summed E-state index contributed by atoms with van der Waals surface area (Å²) >= 11 is 0. The van der Waals surface area contributed by atoms with Gasteiger partial charge < -0.3 is 14.6 Å². The van der Waals surface area contributed by atoms with Crippen LogP contribution in [-0.4, -0.2) is 30.3 Å². The van der Waals surface area contributed by atoms with Gasteiger partial charge in [0.2, 0.25) is 5.88 Å². The van der Waals surface area contributed by atoms with E-state index >= 15 is 0 Å². The third-order valence-corrected chi connectivity index (χ3v) is 2.41. The molecule has 0 saturated carbocycles. The number of hydrogen-bond donors (Lipinski definition) is 1. The molecule has 0 amide bonds. The first-order valence-electron chi connectivity index (χ1n) is 4.92. The largest absolute Gasteiger partial charge is 0.497 e. The van der Waals surface area contributed by atoms with Crippen LogP contribution < -0.4 is 4.74 Å². The SMILES string of the molecule is COC(=O)c1cc2cc(OC)ccc2nc1O. The van der Waals surface area contributed by atoms with Gasteiger partial charge in [-0.15, -0.1) is 0 Å². The van der Waals surface area contributed by atoms with Crippen LogP contribution in [0.3, 0.4) is 0 Å². The Morgan fingerprint density at radius 2 is 2.06 bits per heavy atom. The van der Waals surface area contributed by atoms with Crippen molar-refractivity contribution >= 4 is 16.9 Å². The number of hydrogen-bond acceptors (Lipinski definition) is 5. The maximum absolute atomic E-state index is 11.4. The van der Waals surface area contributed by atoms with Crippen LogP contribution in [0.2, 0.25) is 0 Å². The lowest BCUT2D eigenvalue weighted by molar-refractivity contribution is 0.0597. The van der Waals surface area contributed by atoms with Crippen molar-refractivity contribution in [2.45, 2.75) is 0 Å². The van der Waals surface area contributed by atoms with E-state index in [1.54, 1.807) is 25.3 Å². The van der Waals surface area contributed by atoms with Crippen LogP contribution in [-0.2, 0) is 4.74 Å². The lowest BCUT2D eigenvalue weighted by Crippen LogP contribution is -2.02. The third-order valence-electron chi connectivity index (χ3n) is 2.41. The van der Waals surface area contributed by atoms with Crippen molar-refractivity contribution in [1.29, 1.82) is 0 Å². The zero-order valence-corrected chi connectivity index (χ0v) is 9.43.